The highest BCUT2D eigenvalue weighted by molar-refractivity contribution is 5.16. The molecule has 0 spiro atoms. The summed E-state index contributed by atoms with van der Waals surface area (Å²) in [7, 11) is 0. The zero-order valence-corrected chi connectivity index (χ0v) is 11.7. The number of piperidine rings is 1. The summed E-state index contributed by atoms with van der Waals surface area (Å²) in [5.74, 6) is 0.747. The van der Waals surface area contributed by atoms with Crippen LogP contribution in [0.15, 0.2) is 24.5 Å². The maximum Gasteiger partial charge on any atom is 0.0514 e. The van der Waals surface area contributed by atoms with Gasteiger partial charge < -0.3 is 5.73 Å². The van der Waals surface area contributed by atoms with Crippen molar-refractivity contribution < 1.29 is 0 Å². The summed E-state index contributed by atoms with van der Waals surface area (Å²) in [6, 6.07) is 5.16. The summed E-state index contributed by atoms with van der Waals surface area (Å²) in [6.45, 7) is 7.92. The minimum Gasteiger partial charge on any atom is -0.326 e. The Morgan fingerprint density at radius 1 is 1.44 bits per heavy atom. The van der Waals surface area contributed by atoms with Crippen LogP contribution in [0.1, 0.15) is 45.2 Å². The summed E-state index contributed by atoms with van der Waals surface area (Å²) in [5.41, 5.74) is 7.48. The maximum absolute atomic E-state index is 6.24. The molecule has 0 bridgehead atoms. The molecule has 4 atom stereocenters. The maximum atomic E-state index is 6.24. The van der Waals surface area contributed by atoms with Gasteiger partial charge in [0.25, 0.3) is 0 Å². The molecular weight excluding hydrogens is 222 g/mol. The molecule has 1 aliphatic heterocycles. The zero-order chi connectivity index (χ0) is 13.1. The van der Waals surface area contributed by atoms with Gasteiger partial charge in [0.15, 0.2) is 0 Å². The fourth-order valence-corrected chi connectivity index (χ4v) is 3.11. The molecule has 0 amide bonds. The van der Waals surface area contributed by atoms with E-state index in [1.54, 1.807) is 0 Å². The first-order chi connectivity index (χ1) is 8.61. The van der Waals surface area contributed by atoms with E-state index in [-0.39, 0.29) is 12.1 Å². The summed E-state index contributed by atoms with van der Waals surface area (Å²) in [5, 5.41) is 0. The van der Waals surface area contributed by atoms with Gasteiger partial charge in [-0.1, -0.05) is 13.0 Å². The van der Waals surface area contributed by atoms with Crippen LogP contribution in [0.2, 0.25) is 0 Å². The van der Waals surface area contributed by atoms with Gasteiger partial charge in [-0.15, -0.1) is 0 Å². The first kappa shape index (κ1) is 13.5. The van der Waals surface area contributed by atoms with Crippen LogP contribution in [-0.4, -0.2) is 28.5 Å². The minimum atomic E-state index is 0.127. The second-order valence-corrected chi connectivity index (χ2v) is 5.69. The molecule has 0 radical (unpaired) electrons. The fourth-order valence-electron chi connectivity index (χ4n) is 3.11. The molecule has 2 rings (SSSR count). The highest BCUT2D eigenvalue weighted by Gasteiger charge is 2.32. The Balaban J connectivity index is 2.25. The van der Waals surface area contributed by atoms with Crippen molar-refractivity contribution in [3.63, 3.8) is 0 Å². The van der Waals surface area contributed by atoms with Gasteiger partial charge in [-0.05, 0) is 50.8 Å². The van der Waals surface area contributed by atoms with Gasteiger partial charge in [0.1, 0.15) is 0 Å². The Labute approximate surface area is 110 Å². The minimum absolute atomic E-state index is 0.127. The van der Waals surface area contributed by atoms with Gasteiger partial charge in [-0.25, -0.2) is 0 Å². The second kappa shape index (κ2) is 5.81. The lowest BCUT2D eigenvalue weighted by molar-refractivity contribution is 0.0578. The van der Waals surface area contributed by atoms with E-state index in [9.17, 15) is 0 Å². The van der Waals surface area contributed by atoms with Crippen molar-refractivity contribution in [2.45, 2.75) is 51.7 Å². The van der Waals surface area contributed by atoms with Crippen molar-refractivity contribution in [3.05, 3.63) is 30.1 Å². The molecule has 0 saturated carbocycles. The molecule has 2 N–H and O–H groups in total. The Morgan fingerprint density at radius 3 is 2.83 bits per heavy atom. The van der Waals surface area contributed by atoms with Gasteiger partial charge in [0.2, 0.25) is 0 Å². The van der Waals surface area contributed by atoms with Crippen LogP contribution in [0, 0.1) is 5.92 Å². The Morgan fingerprint density at radius 2 is 2.22 bits per heavy atom. The average molecular weight is 247 g/mol. The molecule has 1 saturated heterocycles. The van der Waals surface area contributed by atoms with Crippen molar-refractivity contribution in [2.24, 2.45) is 11.7 Å². The molecule has 0 aromatic carbocycles. The average Bonchev–Trinajstić information content (AvgIpc) is 2.36. The number of likely N-dealkylation sites (tertiary alicyclic amines) is 1. The molecule has 2 heterocycles. The monoisotopic (exact) mass is 247 g/mol. The molecule has 0 aliphatic carbocycles. The normalized spacial score (nSPS) is 28.9. The number of pyridine rings is 1. The second-order valence-electron chi connectivity index (χ2n) is 5.69. The molecule has 3 nitrogen and oxygen atoms in total. The number of hydrogen-bond donors (Lipinski definition) is 1. The van der Waals surface area contributed by atoms with Crippen LogP contribution in [0.3, 0.4) is 0 Å². The quantitative estimate of drug-likeness (QED) is 0.892. The van der Waals surface area contributed by atoms with E-state index in [0.29, 0.717) is 6.04 Å². The summed E-state index contributed by atoms with van der Waals surface area (Å²) in [4.78, 5) is 6.81. The van der Waals surface area contributed by atoms with E-state index in [0.717, 1.165) is 12.5 Å². The number of hydrogen-bond acceptors (Lipinski definition) is 3. The molecule has 4 unspecified atom stereocenters. The van der Waals surface area contributed by atoms with Gasteiger partial charge >= 0.3 is 0 Å². The number of rotatable bonds is 3. The largest absolute Gasteiger partial charge is 0.326 e. The smallest absolute Gasteiger partial charge is 0.0514 e. The molecule has 100 valence electrons. The lowest BCUT2D eigenvalue weighted by Crippen LogP contribution is -2.49. The molecule has 1 aromatic heterocycles. The van der Waals surface area contributed by atoms with Crippen LogP contribution < -0.4 is 5.73 Å². The van der Waals surface area contributed by atoms with Gasteiger partial charge in [-0.2, -0.15) is 0 Å². The topological polar surface area (TPSA) is 42.1 Å². The standard InChI is InChI=1S/C15H25N3/c1-11-6-5-9-18(13(11)3)15(12(2)16)14-7-4-8-17-10-14/h4,7-8,10-13,15H,5-6,9,16H2,1-3H3. The van der Waals surface area contributed by atoms with Crippen LogP contribution in [0.4, 0.5) is 0 Å². The Kier molecular flexibility index (Phi) is 4.36. The van der Waals surface area contributed by atoms with Crippen LogP contribution in [0.25, 0.3) is 0 Å². The van der Waals surface area contributed by atoms with E-state index in [1.165, 1.54) is 18.4 Å². The Hall–Kier alpha value is -0.930. The Bertz CT molecular complexity index is 363. The zero-order valence-electron chi connectivity index (χ0n) is 11.7. The van der Waals surface area contributed by atoms with Gasteiger partial charge in [0.05, 0.1) is 6.04 Å². The third-order valence-electron chi connectivity index (χ3n) is 4.30. The van der Waals surface area contributed by atoms with E-state index in [1.807, 2.05) is 18.5 Å². The van der Waals surface area contributed by atoms with E-state index < -0.39 is 0 Å². The van der Waals surface area contributed by atoms with Crippen LogP contribution in [0.5, 0.6) is 0 Å². The van der Waals surface area contributed by atoms with Gasteiger partial charge in [-0.3, -0.25) is 9.88 Å². The van der Waals surface area contributed by atoms with E-state index in [4.69, 9.17) is 5.73 Å². The first-order valence-corrected chi connectivity index (χ1v) is 7.02. The van der Waals surface area contributed by atoms with Crippen molar-refractivity contribution >= 4 is 0 Å². The van der Waals surface area contributed by atoms with Crippen LogP contribution in [-0.2, 0) is 0 Å². The molecular formula is C15H25N3. The number of nitrogens with two attached hydrogens (primary N) is 1. The van der Waals surface area contributed by atoms with Crippen LogP contribution >= 0.6 is 0 Å². The summed E-state index contributed by atoms with van der Waals surface area (Å²) < 4.78 is 0. The molecule has 1 aliphatic rings. The predicted octanol–water partition coefficient (Wildman–Crippen LogP) is 2.59. The molecule has 1 fully saturated rings. The molecule has 3 heteroatoms. The van der Waals surface area contributed by atoms with Crippen molar-refractivity contribution in [1.29, 1.82) is 0 Å². The van der Waals surface area contributed by atoms with Gasteiger partial charge in [0, 0.05) is 24.5 Å². The summed E-state index contributed by atoms with van der Waals surface area (Å²) >= 11 is 0. The SMILES string of the molecule is CC(N)C(c1cccnc1)N1CCCC(C)C1C. The lowest BCUT2D eigenvalue weighted by atomic mass is 9.88. The summed E-state index contributed by atoms with van der Waals surface area (Å²) in [6.07, 6.45) is 6.38. The highest BCUT2D eigenvalue weighted by Crippen LogP contribution is 2.32. The van der Waals surface area contributed by atoms with Crippen molar-refractivity contribution in [1.82, 2.24) is 9.88 Å². The third-order valence-corrected chi connectivity index (χ3v) is 4.30. The van der Waals surface area contributed by atoms with Crippen molar-refractivity contribution in [3.8, 4) is 0 Å². The predicted molar refractivity (Wildman–Crippen MR) is 75.2 cm³/mol. The highest BCUT2D eigenvalue weighted by atomic mass is 15.2. The fraction of sp³-hybridized carbons (Fsp3) is 0.667. The first-order valence-electron chi connectivity index (χ1n) is 7.02. The molecule has 18 heavy (non-hydrogen) atoms. The number of nitrogens with zero attached hydrogens (tertiary/aromatic N) is 2. The van der Waals surface area contributed by atoms with E-state index in [2.05, 4.69) is 36.7 Å². The number of aromatic nitrogens is 1. The third kappa shape index (κ3) is 2.73. The lowest BCUT2D eigenvalue weighted by Gasteiger charge is -2.44. The molecule has 1 aromatic rings. The van der Waals surface area contributed by atoms with Crippen molar-refractivity contribution in [2.75, 3.05) is 6.54 Å². The van der Waals surface area contributed by atoms with E-state index >= 15 is 0 Å².